The summed E-state index contributed by atoms with van der Waals surface area (Å²) in [7, 11) is 0. The molecule has 0 aliphatic rings. The molecule has 14 N–H and O–H groups in total. The van der Waals surface area contributed by atoms with Crippen LogP contribution < -0.4 is 49.1 Å². The highest BCUT2D eigenvalue weighted by molar-refractivity contribution is 5.97. The van der Waals surface area contributed by atoms with Gasteiger partial charge in [0, 0.05) is 37.6 Å². The van der Waals surface area contributed by atoms with Crippen LogP contribution in [0.4, 0.5) is 0 Å². The normalized spacial score (nSPS) is 14.4. The van der Waals surface area contributed by atoms with Crippen molar-refractivity contribution in [1.82, 2.24) is 41.9 Å². The summed E-state index contributed by atoms with van der Waals surface area (Å²) in [6.07, 6.45) is 3.64. The summed E-state index contributed by atoms with van der Waals surface area (Å²) in [5.74, 6) is -7.07. The zero-order valence-electron chi connectivity index (χ0n) is 38.1. The van der Waals surface area contributed by atoms with Crippen molar-refractivity contribution in [2.45, 2.75) is 128 Å². The quantitative estimate of drug-likeness (QED) is 0.0406. The number of nitrogens with one attached hydrogen (secondary N) is 7. The maximum Gasteiger partial charge on any atom is 0.326 e. The maximum atomic E-state index is 14.1. The molecule has 0 aliphatic heterocycles. The van der Waals surface area contributed by atoms with E-state index in [1.54, 1.807) is 74.5 Å². The lowest BCUT2D eigenvalue weighted by molar-refractivity contribution is -0.142. The molecule has 0 fully saturated rings. The lowest BCUT2D eigenvalue weighted by Gasteiger charge is -2.29. The fraction of sp³-hybridized carbons (Fsp3) is 0.500. The molecule has 0 saturated carbocycles. The van der Waals surface area contributed by atoms with Gasteiger partial charge in [0.2, 0.25) is 41.4 Å². The monoisotopic (exact) mass is 918 g/mol. The lowest BCUT2D eigenvalue weighted by atomic mass is 9.98. The van der Waals surface area contributed by atoms with Crippen molar-refractivity contribution in [3.8, 4) is 0 Å². The van der Waals surface area contributed by atoms with Crippen LogP contribution in [-0.4, -0.2) is 111 Å². The summed E-state index contributed by atoms with van der Waals surface area (Å²) in [5.41, 5.74) is 19.1. The van der Waals surface area contributed by atoms with Crippen LogP contribution in [0.5, 0.6) is 0 Å². The van der Waals surface area contributed by atoms with Crippen molar-refractivity contribution >= 4 is 47.3 Å². The minimum atomic E-state index is -1.31. The van der Waals surface area contributed by atoms with Crippen LogP contribution in [0.15, 0.2) is 73.2 Å². The van der Waals surface area contributed by atoms with Gasteiger partial charge < -0.3 is 59.2 Å². The van der Waals surface area contributed by atoms with Gasteiger partial charge in [-0.2, -0.15) is 0 Å². The van der Waals surface area contributed by atoms with Gasteiger partial charge in [0.1, 0.15) is 36.3 Å². The number of amides is 7. The first-order valence-corrected chi connectivity index (χ1v) is 22.2. The van der Waals surface area contributed by atoms with E-state index in [-0.39, 0.29) is 50.9 Å². The van der Waals surface area contributed by atoms with Crippen molar-refractivity contribution in [2.75, 3.05) is 6.54 Å². The molecule has 1 aromatic heterocycles. The number of nitrogens with two attached hydrogens (primary N) is 3. The van der Waals surface area contributed by atoms with Crippen molar-refractivity contribution in [3.63, 3.8) is 0 Å². The van der Waals surface area contributed by atoms with Gasteiger partial charge >= 0.3 is 5.97 Å². The Hall–Kier alpha value is -6.67. The number of hydrogen-bond acceptors (Lipinski definition) is 11. The van der Waals surface area contributed by atoms with Crippen LogP contribution in [0.1, 0.15) is 83.0 Å². The molecule has 0 radical (unpaired) electrons. The van der Waals surface area contributed by atoms with E-state index < -0.39 is 95.5 Å². The Bertz CT molecular complexity index is 2030. The predicted molar refractivity (Wildman–Crippen MR) is 245 cm³/mol. The third kappa shape index (κ3) is 18.8. The summed E-state index contributed by atoms with van der Waals surface area (Å²) < 4.78 is 0. The van der Waals surface area contributed by atoms with Gasteiger partial charge in [0.05, 0.1) is 12.4 Å². The van der Waals surface area contributed by atoms with Crippen molar-refractivity contribution in [2.24, 2.45) is 29.0 Å². The third-order valence-electron chi connectivity index (χ3n) is 10.6. The molecule has 7 amide bonds. The molecule has 0 aliphatic carbocycles. The number of aromatic nitrogens is 2. The van der Waals surface area contributed by atoms with Crippen LogP contribution in [0.25, 0.3) is 0 Å². The van der Waals surface area contributed by atoms with Gasteiger partial charge in [-0.15, -0.1) is 0 Å². The molecule has 3 rings (SSSR count). The Morgan fingerprint density at radius 1 is 0.621 bits per heavy atom. The number of hydrogen-bond donors (Lipinski definition) is 11. The summed E-state index contributed by atoms with van der Waals surface area (Å²) in [6.45, 7) is 7.34. The summed E-state index contributed by atoms with van der Waals surface area (Å²) in [6, 6.07) is 8.99. The van der Waals surface area contributed by atoms with E-state index in [2.05, 4.69) is 41.9 Å². The molecule has 0 spiro atoms. The number of unbranched alkanes of at least 4 members (excludes halogenated alkanes) is 1. The highest BCUT2D eigenvalue weighted by atomic mass is 16.4. The average molecular weight is 918 g/mol. The van der Waals surface area contributed by atoms with Gasteiger partial charge in [-0.25, -0.2) is 9.78 Å². The molecule has 0 bridgehead atoms. The molecule has 3 aromatic rings. The summed E-state index contributed by atoms with van der Waals surface area (Å²) >= 11 is 0. The van der Waals surface area contributed by atoms with E-state index in [9.17, 15) is 43.5 Å². The Labute approximate surface area is 385 Å². The minimum Gasteiger partial charge on any atom is -0.480 e. The number of carboxylic acids is 1. The van der Waals surface area contributed by atoms with E-state index in [1.165, 1.54) is 12.5 Å². The molecule has 2 aromatic carbocycles. The molecule has 360 valence electrons. The highest BCUT2D eigenvalue weighted by Gasteiger charge is 2.35. The van der Waals surface area contributed by atoms with Crippen LogP contribution >= 0.6 is 0 Å². The van der Waals surface area contributed by atoms with Gasteiger partial charge in [-0.1, -0.05) is 88.4 Å². The van der Waals surface area contributed by atoms with E-state index in [0.717, 1.165) is 0 Å². The van der Waals surface area contributed by atoms with E-state index in [4.69, 9.17) is 17.2 Å². The number of carbonyl (C=O) groups excluding carboxylic acids is 7. The second kappa shape index (κ2) is 27.6. The number of imidazole rings is 1. The molecule has 7 atom stereocenters. The highest BCUT2D eigenvalue weighted by Crippen LogP contribution is 2.13. The van der Waals surface area contributed by atoms with Crippen LogP contribution in [0.3, 0.4) is 0 Å². The van der Waals surface area contributed by atoms with E-state index >= 15 is 0 Å². The number of primary amides is 1. The number of nitrogens with zero attached hydrogens (tertiary/aromatic N) is 1. The number of benzene rings is 2. The lowest BCUT2D eigenvalue weighted by Crippen LogP contribution is -2.61. The van der Waals surface area contributed by atoms with Gasteiger partial charge in [0.25, 0.3) is 0 Å². The second-order valence-electron chi connectivity index (χ2n) is 17.1. The van der Waals surface area contributed by atoms with Gasteiger partial charge in [-0.05, 0) is 61.6 Å². The molecule has 20 nitrogen and oxygen atoms in total. The van der Waals surface area contributed by atoms with Gasteiger partial charge in [0.15, 0.2) is 0 Å². The smallest absolute Gasteiger partial charge is 0.326 e. The Morgan fingerprint density at radius 2 is 1.12 bits per heavy atom. The van der Waals surface area contributed by atoms with Crippen LogP contribution in [-0.2, 0) is 57.6 Å². The van der Waals surface area contributed by atoms with Crippen LogP contribution in [0.2, 0.25) is 0 Å². The molecule has 20 heteroatoms. The first-order valence-electron chi connectivity index (χ1n) is 22.2. The second-order valence-corrected chi connectivity index (χ2v) is 17.1. The molecular weight excluding hydrogens is 851 g/mol. The Kier molecular flexibility index (Phi) is 22.5. The number of carbonyl (C=O) groups is 8. The molecular formula is C46H67N11O9. The number of aliphatic carboxylic acids is 1. The predicted octanol–water partition coefficient (Wildman–Crippen LogP) is -0.145. The van der Waals surface area contributed by atoms with E-state index in [1.807, 2.05) is 13.8 Å². The molecule has 7 unspecified atom stereocenters. The number of carboxylic acid groups (broad SMARTS) is 1. The number of aromatic amines is 1. The molecule has 1 heterocycles. The average Bonchev–Trinajstić information content (AvgIpc) is 3.79. The van der Waals surface area contributed by atoms with Crippen molar-refractivity contribution < 1.29 is 43.5 Å². The Morgan fingerprint density at radius 3 is 1.64 bits per heavy atom. The first kappa shape index (κ1) is 53.7. The Balaban J connectivity index is 1.82. The maximum absolute atomic E-state index is 14.1. The molecule has 66 heavy (non-hydrogen) atoms. The van der Waals surface area contributed by atoms with Crippen molar-refractivity contribution in [1.29, 1.82) is 0 Å². The standard InChI is InChI=1S/C46H67N11O9/c1-27(2)21-35(54-41(60)33(17-11-12-20-47)53-42(61)34(18-19-38(49)58)52-40(59)32(48)24-31-25-50-26-51-31)44(63)57-39(28(3)4)45(64)55-36(22-29-13-7-5-8-14-29)43(62)56-37(46(65)66)23-30-15-9-6-10-16-30/h5-10,13-16,25-28,32-37,39H,11-12,17-24,47-48H2,1-4H3,(H2,49,58)(H,50,51)(H,52,59)(H,53,61)(H,54,60)(H,55,64)(H,56,62)(H,57,63)(H,65,66). The summed E-state index contributed by atoms with van der Waals surface area (Å²) in [4.78, 5) is 114. The topological polar surface area (TPSA) is 336 Å². The zero-order valence-corrected chi connectivity index (χ0v) is 38.1. The number of rotatable bonds is 29. The summed E-state index contributed by atoms with van der Waals surface area (Å²) in [5, 5.41) is 26.0. The fourth-order valence-electron chi connectivity index (χ4n) is 7.00. The fourth-order valence-corrected chi connectivity index (χ4v) is 7.00. The minimum absolute atomic E-state index is 0.00318. The molecule has 0 saturated heterocycles. The first-order chi connectivity index (χ1) is 31.4. The third-order valence-corrected chi connectivity index (χ3v) is 10.6. The van der Waals surface area contributed by atoms with Crippen molar-refractivity contribution in [3.05, 3.63) is 90.0 Å². The largest absolute Gasteiger partial charge is 0.480 e. The zero-order chi connectivity index (χ0) is 48.8. The van der Waals surface area contributed by atoms with Crippen LogP contribution in [0, 0.1) is 11.8 Å². The van der Waals surface area contributed by atoms with Gasteiger partial charge in [-0.3, -0.25) is 33.6 Å². The number of H-pyrrole nitrogens is 1. The van der Waals surface area contributed by atoms with E-state index in [0.29, 0.717) is 36.2 Å². The SMILES string of the molecule is CC(C)CC(NC(=O)C(CCCCN)NC(=O)C(CCC(N)=O)NC(=O)C(N)Cc1cnc[nH]1)C(=O)NC(C(=O)NC(Cc1ccccc1)C(=O)NC(Cc1ccccc1)C(=O)O)C(C)C.